The first kappa shape index (κ1) is 13.9. The molecule has 2 amide bonds. The molecule has 18 heavy (non-hydrogen) atoms. The highest BCUT2D eigenvalue weighted by Gasteiger charge is 2.11. The number of hydrogen-bond donors (Lipinski definition) is 3. The second kappa shape index (κ2) is 7.24. The molecular weight excluding hydrogens is 230 g/mol. The number of hydrogen-bond acceptors (Lipinski definition) is 3. The third-order valence-electron chi connectivity index (χ3n) is 2.29. The molecule has 96 valence electrons. The lowest BCUT2D eigenvalue weighted by Gasteiger charge is -2.06. The van der Waals surface area contributed by atoms with Gasteiger partial charge in [0.2, 0.25) is 0 Å². The van der Waals surface area contributed by atoms with Crippen LogP contribution in [-0.4, -0.2) is 18.4 Å². The van der Waals surface area contributed by atoms with E-state index in [4.69, 9.17) is 5.73 Å². The fraction of sp³-hybridized carbons (Fsp3) is 0.231. The zero-order valence-electron chi connectivity index (χ0n) is 10.1. The van der Waals surface area contributed by atoms with Crippen molar-refractivity contribution in [3.63, 3.8) is 0 Å². The Kier molecular flexibility index (Phi) is 5.60. The summed E-state index contributed by atoms with van der Waals surface area (Å²) in [6, 6.07) is 7.52. The van der Waals surface area contributed by atoms with Crippen LogP contribution in [0.25, 0.3) is 0 Å². The van der Waals surface area contributed by atoms with Gasteiger partial charge in [0.1, 0.15) is 0 Å². The smallest absolute Gasteiger partial charge is 0.309 e. The van der Waals surface area contributed by atoms with Gasteiger partial charge < -0.3 is 16.4 Å². The van der Waals surface area contributed by atoms with Gasteiger partial charge in [-0.15, -0.1) is 6.58 Å². The molecule has 0 saturated heterocycles. The molecule has 0 bridgehead atoms. The molecule has 4 N–H and O–H groups in total. The van der Waals surface area contributed by atoms with Crippen molar-refractivity contribution in [3.05, 3.63) is 48.0 Å². The molecule has 1 aromatic rings. The highest BCUT2D eigenvalue weighted by molar-refractivity contribution is 6.35. The van der Waals surface area contributed by atoms with Gasteiger partial charge in [-0.25, -0.2) is 0 Å². The van der Waals surface area contributed by atoms with Crippen LogP contribution in [0.1, 0.15) is 11.1 Å². The van der Waals surface area contributed by atoms with Gasteiger partial charge in [0.15, 0.2) is 0 Å². The molecule has 0 heterocycles. The number of carbonyl (C=O) groups is 2. The lowest BCUT2D eigenvalue weighted by Crippen LogP contribution is -2.39. The molecule has 0 aliphatic heterocycles. The number of nitrogens with one attached hydrogen (secondary N) is 2. The highest BCUT2D eigenvalue weighted by Crippen LogP contribution is 2.03. The van der Waals surface area contributed by atoms with Gasteiger partial charge in [-0.05, 0) is 11.1 Å². The largest absolute Gasteiger partial charge is 0.344 e. The van der Waals surface area contributed by atoms with E-state index in [1.807, 2.05) is 24.3 Å². The zero-order valence-corrected chi connectivity index (χ0v) is 10.1. The molecule has 0 saturated carbocycles. The third-order valence-corrected chi connectivity index (χ3v) is 2.29. The van der Waals surface area contributed by atoms with Gasteiger partial charge in [-0.2, -0.15) is 0 Å². The van der Waals surface area contributed by atoms with E-state index in [1.54, 1.807) is 0 Å². The lowest BCUT2D eigenvalue weighted by molar-refractivity contribution is -0.139. The Morgan fingerprint density at radius 2 is 1.89 bits per heavy atom. The van der Waals surface area contributed by atoms with Gasteiger partial charge >= 0.3 is 11.8 Å². The number of rotatable bonds is 5. The van der Waals surface area contributed by atoms with E-state index < -0.39 is 11.8 Å². The van der Waals surface area contributed by atoms with Crippen LogP contribution in [0.5, 0.6) is 0 Å². The average molecular weight is 247 g/mol. The van der Waals surface area contributed by atoms with Gasteiger partial charge in [0.25, 0.3) is 0 Å². The predicted molar refractivity (Wildman–Crippen MR) is 69.4 cm³/mol. The van der Waals surface area contributed by atoms with Crippen LogP contribution < -0.4 is 16.4 Å². The monoisotopic (exact) mass is 247 g/mol. The van der Waals surface area contributed by atoms with Crippen LogP contribution >= 0.6 is 0 Å². The van der Waals surface area contributed by atoms with Crippen LogP contribution in [0, 0.1) is 0 Å². The van der Waals surface area contributed by atoms with Gasteiger partial charge in [0, 0.05) is 19.6 Å². The maximum absolute atomic E-state index is 11.4. The van der Waals surface area contributed by atoms with Gasteiger partial charge in [-0.1, -0.05) is 30.3 Å². The summed E-state index contributed by atoms with van der Waals surface area (Å²) in [5, 5.41) is 4.93. The van der Waals surface area contributed by atoms with Crippen molar-refractivity contribution in [1.82, 2.24) is 10.6 Å². The van der Waals surface area contributed by atoms with Gasteiger partial charge in [-0.3, -0.25) is 9.59 Å². The fourth-order valence-electron chi connectivity index (χ4n) is 1.37. The molecule has 5 nitrogen and oxygen atoms in total. The van der Waals surface area contributed by atoms with Crippen LogP contribution in [-0.2, 0) is 22.7 Å². The van der Waals surface area contributed by atoms with E-state index in [0.29, 0.717) is 13.1 Å². The lowest BCUT2D eigenvalue weighted by atomic mass is 10.1. The molecule has 0 spiro atoms. The van der Waals surface area contributed by atoms with E-state index in [0.717, 1.165) is 11.1 Å². The molecular formula is C13H17N3O2. The van der Waals surface area contributed by atoms with Crippen LogP contribution in [0.4, 0.5) is 0 Å². The first-order valence-corrected chi connectivity index (χ1v) is 5.62. The van der Waals surface area contributed by atoms with Crippen molar-refractivity contribution < 1.29 is 9.59 Å². The van der Waals surface area contributed by atoms with E-state index in [2.05, 4.69) is 17.2 Å². The van der Waals surface area contributed by atoms with Crippen LogP contribution in [0.2, 0.25) is 0 Å². The van der Waals surface area contributed by atoms with Crippen LogP contribution in [0.3, 0.4) is 0 Å². The summed E-state index contributed by atoms with van der Waals surface area (Å²) in [6.07, 6.45) is 1.51. The Labute approximate surface area is 106 Å². The topological polar surface area (TPSA) is 84.2 Å². The third kappa shape index (κ3) is 4.39. The molecule has 0 unspecified atom stereocenters. The summed E-state index contributed by atoms with van der Waals surface area (Å²) in [7, 11) is 0. The number of amides is 2. The van der Waals surface area contributed by atoms with E-state index in [9.17, 15) is 9.59 Å². The minimum absolute atomic E-state index is 0.273. The summed E-state index contributed by atoms with van der Waals surface area (Å²) in [4.78, 5) is 22.6. The van der Waals surface area contributed by atoms with Crippen molar-refractivity contribution in [2.45, 2.75) is 13.1 Å². The molecule has 0 aliphatic carbocycles. The first-order chi connectivity index (χ1) is 8.67. The van der Waals surface area contributed by atoms with E-state index >= 15 is 0 Å². The van der Waals surface area contributed by atoms with Crippen molar-refractivity contribution in [2.24, 2.45) is 5.73 Å². The van der Waals surface area contributed by atoms with Crippen molar-refractivity contribution in [2.75, 3.05) is 6.54 Å². The normalized spacial score (nSPS) is 9.61. The summed E-state index contributed by atoms with van der Waals surface area (Å²) in [6.45, 7) is 4.46. The summed E-state index contributed by atoms with van der Waals surface area (Å²) in [5.41, 5.74) is 7.41. The predicted octanol–water partition coefficient (Wildman–Crippen LogP) is 0.0637. The Morgan fingerprint density at radius 1 is 1.22 bits per heavy atom. The second-order valence-electron chi connectivity index (χ2n) is 3.71. The van der Waals surface area contributed by atoms with Crippen molar-refractivity contribution in [1.29, 1.82) is 0 Å². The second-order valence-corrected chi connectivity index (χ2v) is 3.71. The molecule has 0 aliphatic rings. The summed E-state index contributed by atoms with van der Waals surface area (Å²) >= 11 is 0. The molecule has 0 fully saturated rings. The number of carbonyl (C=O) groups excluding carboxylic acids is 2. The van der Waals surface area contributed by atoms with Crippen LogP contribution in [0.15, 0.2) is 36.9 Å². The minimum atomic E-state index is -0.662. The van der Waals surface area contributed by atoms with Crippen molar-refractivity contribution >= 4 is 11.8 Å². The number of nitrogens with two attached hydrogens (primary N) is 1. The molecule has 1 aromatic carbocycles. The molecule has 0 radical (unpaired) electrons. The first-order valence-electron chi connectivity index (χ1n) is 5.62. The van der Waals surface area contributed by atoms with E-state index in [-0.39, 0.29) is 6.54 Å². The maximum Gasteiger partial charge on any atom is 0.309 e. The Hall–Kier alpha value is -2.14. The maximum atomic E-state index is 11.4. The Morgan fingerprint density at radius 3 is 2.56 bits per heavy atom. The molecule has 0 aromatic heterocycles. The molecule has 5 heteroatoms. The number of benzene rings is 1. The van der Waals surface area contributed by atoms with E-state index in [1.165, 1.54) is 6.08 Å². The average Bonchev–Trinajstić information content (AvgIpc) is 2.42. The Bertz CT molecular complexity index is 444. The fourth-order valence-corrected chi connectivity index (χ4v) is 1.37. The zero-order chi connectivity index (χ0) is 13.4. The summed E-state index contributed by atoms with van der Waals surface area (Å²) in [5.74, 6) is -1.32. The highest BCUT2D eigenvalue weighted by atomic mass is 16.2. The quantitative estimate of drug-likeness (QED) is 0.508. The SMILES string of the molecule is C=CCNC(=O)C(=O)NCc1cccc(CN)c1. The molecule has 0 atom stereocenters. The summed E-state index contributed by atoms with van der Waals surface area (Å²) < 4.78 is 0. The standard InChI is InChI=1S/C13H17N3O2/c1-2-6-15-12(17)13(18)16-9-11-5-3-4-10(7-11)8-14/h2-5,7H,1,6,8-9,14H2,(H,15,17)(H,16,18). The molecule has 1 rings (SSSR count). The minimum Gasteiger partial charge on any atom is -0.344 e. The van der Waals surface area contributed by atoms with Gasteiger partial charge in [0.05, 0.1) is 0 Å². The van der Waals surface area contributed by atoms with Crippen molar-refractivity contribution in [3.8, 4) is 0 Å². The Balaban J connectivity index is 2.46.